The van der Waals surface area contributed by atoms with E-state index in [9.17, 15) is 9.59 Å². The lowest BCUT2D eigenvalue weighted by Gasteiger charge is -2.24. The molecule has 0 fully saturated rings. The zero-order valence-corrected chi connectivity index (χ0v) is 9.20. The first kappa shape index (κ1) is 13.3. The van der Waals surface area contributed by atoms with Crippen LogP contribution in [-0.4, -0.2) is 41.1 Å². The van der Waals surface area contributed by atoms with E-state index in [1.54, 1.807) is 20.8 Å². The van der Waals surface area contributed by atoms with Gasteiger partial charge in [0.15, 0.2) is 0 Å². The molecule has 0 unspecified atom stereocenters. The first-order valence-corrected chi connectivity index (χ1v) is 4.65. The molecule has 2 N–H and O–H groups in total. The van der Waals surface area contributed by atoms with Crippen LogP contribution in [0.3, 0.4) is 0 Å². The topological polar surface area (TPSA) is 69.6 Å². The van der Waals surface area contributed by atoms with Crippen LogP contribution in [0.15, 0.2) is 0 Å². The average molecular weight is 212 g/mol. The lowest BCUT2D eigenvalue weighted by atomic mass is 10.3. The molecule has 0 aromatic carbocycles. The highest BCUT2D eigenvalue weighted by Gasteiger charge is 2.18. The summed E-state index contributed by atoms with van der Waals surface area (Å²) in [6.07, 6.45) is 0. The summed E-state index contributed by atoms with van der Waals surface area (Å²) in [5.74, 6) is 4.28. The van der Waals surface area contributed by atoms with Crippen molar-refractivity contribution >= 4 is 12.0 Å². The van der Waals surface area contributed by atoms with Crippen LogP contribution >= 0.6 is 0 Å². The highest BCUT2D eigenvalue weighted by Crippen LogP contribution is 1.97. The summed E-state index contributed by atoms with van der Waals surface area (Å²) in [5.41, 5.74) is 0. The Kier molecular flexibility index (Phi) is 5.95. The Morgan fingerprint density at radius 2 is 2.07 bits per heavy atom. The van der Waals surface area contributed by atoms with Gasteiger partial charge in [0.2, 0.25) is 0 Å². The van der Waals surface area contributed by atoms with Crippen LogP contribution in [0.25, 0.3) is 0 Å². The van der Waals surface area contributed by atoms with Crippen molar-refractivity contribution in [3.8, 4) is 11.8 Å². The molecular weight excluding hydrogens is 196 g/mol. The minimum absolute atomic E-state index is 0.157. The summed E-state index contributed by atoms with van der Waals surface area (Å²) < 4.78 is 0. The number of rotatable bonds is 4. The highest BCUT2D eigenvalue weighted by molar-refractivity contribution is 5.80. The van der Waals surface area contributed by atoms with Crippen molar-refractivity contribution in [1.29, 1.82) is 0 Å². The fourth-order valence-electron chi connectivity index (χ4n) is 0.944. The quantitative estimate of drug-likeness (QED) is 0.667. The van der Waals surface area contributed by atoms with Gasteiger partial charge in [-0.15, -0.1) is 5.92 Å². The molecule has 0 radical (unpaired) electrons. The molecule has 0 spiro atoms. The molecule has 0 atom stereocenters. The summed E-state index contributed by atoms with van der Waals surface area (Å²) in [6, 6.07) is -0.564. The second kappa shape index (κ2) is 6.71. The number of carboxylic acid groups (broad SMARTS) is 1. The molecule has 2 amide bonds. The second-order valence-corrected chi connectivity index (χ2v) is 3.20. The third kappa shape index (κ3) is 5.57. The van der Waals surface area contributed by atoms with E-state index in [2.05, 4.69) is 17.2 Å². The largest absolute Gasteiger partial charge is 0.480 e. The second-order valence-electron chi connectivity index (χ2n) is 3.20. The van der Waals surface area contributed by atoms with E-state index in [0.717, 1.165) is 0 Å². The maximum atomic E-state index is 11.5. The Labute approximate surface area is 89.4 Å². The first-order valence-electron chi connectivity index (χ1n) is 4.65. The van der Waals surface area contributed by atoms with Gasteiger partial charge in [0, 0.05) is 6.04 Å². The van der Waals surface area contributed by atoms with Gasteiger partial charge >= 0.3 is 12.0 Å². The molecule has 0 saturated carbocycles. The van der Waals surface area contributed by atoms with Crippen LogP contribution in [0.1, 0.15) is 20.8 Å². The van der Waals surface area contributed by atoms with Gasteiger partial charge in [0.1, 0.15) is 6.54 Å². The molecule has 0 heterocycles. The lowest BCUT2D eigenvalue weighted by molar-refractivity contribution is -0.138. The summed E-state index contributed by atoms with van der Waals surface area (Å²) in [5, 5.41) is 11.1. The fraction of sp³-hybridized carbons (Fsp3) is 0.600. The van der Waals surface area contributed by atoms with E-state index in [-0.39, 0.29) is 19.1 Å². The number of carbonyl (C=O) groups excluding carboxylic acids is 1. The summed E-state index contributed by atoms with van der Waals surface area (Å²) in [4.78, 5) is 23.2. The minimum atomic E-state index is -1.03. The number of hydrogen-bond acceptors (Lipinski definition) is 2. The van der Waals surface area contributed by atoms with Gasteiger partial charge in [0.25, 0.3) is 0 Å². The Morgan fingerprint density at radius 3 is 2.47 bits per heavy atom. The molecule has 5 nitrogen and oxygen atoms in total. The number of aliphatic carboxylic acids is 1. The molecule has 0 saturated heterocycles. The average Bonchev–Trinajstić information content (AvgIpc) is 2.13. The SMILES string of the molecule is CC#CCNC(=O)N(CC(=O)O)C(C)C. The fourth-order valence-corrected chi connectivity index (χ4v) is 0.944. The van der Waals surface area contributed by atoms with E-state index < -0.39 is 12.0 Å². The van der Waals surface area contributed by atoms with E-state index >= 15 is 0 Å². The molecule has 0 aliphatic rings. The Hall–Kier alpha value is -1.70. The van der Waals surface area contributed by atoms with Crippen LogP contribution < -0.4 is 5.32 Å². The van der Waals surface area contributed by atoms with E-state index in [1.807, 2.05) is 0 Å². The maximum Gasteiger partial charge on any atom is 0.323 e. The third-order valence-electron chi connectivity index (χ3n) is 1.69. The van der Waals surface area contributed by atoms with Crippen LogP contribution in [0, 0.1) is 11.8 Å². The van der Waals surface area contributed by atoms with Crippen molar-refractivity contribution < 1.29 is 14.7 Å². The van der Waals surface area contributed by atoms with Crippen molar-refractivity contribution in [3.63, 3.8) is 0 Å². The van der Waals surface area contributed by atoms with Crippen LogP contribution in [0.5, 0.6) is 0 Å². The molecule has 0 aromatic heterocycles. The molecule has 84 valence electrons. The molecule has 15 heavy (non-hydrogen) atoms. The van der Waals surface area contributed by atoms with Crippen LogP contribution in [-0.2, 0) is 4.79 Å². The molecular formula is C10H16N2O3. The molecule has 0 aromatic rings. The molecule has 0 bridgehead atoms. The maximum absolute atomic E-state index is 11.5. The van der Waals surface area contributed by atoms with Gasteiger partial charge in [-0.1, -0.05) is 5.92 Å². The highest BCUT2D eigenvalue weighted by atomic mass is 16.4. The van der Waals surface area contributed by atoms with Crippen molar-refractivity contribution in [1.82, 2.24) is 10.2 Å². The number of nitrogens with one attached hydrogen (secondary N) is 1. The first-order chi connectivity index (χ1) is 6.99. The zero-order chi connectivity index (χ0) is 11.8. The number of carbonyl (C=O) groups is 2. The minimum Gasteiger partial charge on any atom is -0.480 e. The van der Waals surface area contributed by atoms with Crippen LogP contribution in [0.4, 0.5) is 4.79 Å². The van der Waals surface area contributed by atoms with Gasteiger partial charge in [-0.25, -0.2) is 4.79 Å². The predicted molar refractivity (Wildman–Crippen MR) is 56.3 cm³/mol. The monoisotopic (exact) mass is 212 g/mol. The van der Waals surface area contributed by atoms with Gasteiger partial charge in [-0.05, 0) is 20.8 Å². The van der Waals surface area contributed by atoms with E-state index in [4.69, 9.17) is 5.11 Å². The molecule has 5 heteroatoms. The van der Waals surface area contributed by atoms with Crippen molar-refractivity contribution in [2.24, 2.45) is 0 Å². The smallest absolute Gasteiger partial charge is 0.323 e. The standard InChI is InChI=1S/C10H16N2O3/c1-4-5-6-11-10(15)12(8(2)3)7-9(13)14/h8H,6-7H2,1-3H3,(H,11,15)(H,13,14). The van der Waals surface area contributed by atoms with Crippen molar-refractivity contribution in [2.45, 2.75) is 26.8 Å². The van der Waals surface area contributed by atoms with Gasteiger partial charge < -0.3 is 15.3 Å². The normalized spacial score (nSPS) is 9.07. The summed E-state index contributed by atoms with van der Waals surface area (Å²) >= 11 is 0. The summed E-state index contributed by atoms with van der Waals surface area (Å²) in [7, 11) is 0. The third-order valence-corrected chi connectivity index (χ3v) is 1.69. The molecule has 0 aliphatic heterocycles. The number of hydrogen-bond donors (Lipinski definition) is 2. The van der Waals surface area contributed by atoms with Crippen molar-refractivity contribution in [2.75, 3.05) is 13.1 Å². The van der Waals surface area contributed by atoms with Gasteiger partial charge in [-0.3, -0.25) is 4.79 Å². The molecule has 0 rings (SSSR count). The number of urea groups is 1. The van der Waals surface area contributed by atoms with E-state index in [0.29, 0.717) is 0 Å². The van der Waals surface area contributed by atoms with Gasteiger partial charge in [-0.2, -0.15) is 0 Å². The van der Waals surface area contributed by atoms with Crippen molar-refractivity contribution in [3.05, 3.63) is 0 Å². The lowest BCUT2D eigenvalue weighted by Crippen LogP contribution is -2.46. The number of amides is 2. The predicted octanol–water partition coefficient (Wildman–Crippen LogP) is 0.514. The van der Waals surface area contributed by atoms with Gasteiger partial charge in [0.05, 0.1) is 6.54 Å². The number of nitrogens with zero attached hydrogens (tertiary/aromatic N) is 1. The Balaban J connectivity index is 4.27. The number of carboxylic acids is 1. The zero-order valence-electron chi connectivity index (χ0n) is 9.20. The Morgan fingerprint density at radius 1 is 1.47 bits per heavy atom. The summed E-state index contributed by atoms with van der Waals surface area (Å²) in [6.45, 7) is 5.12. The van der Waals surface area contributed by atoms with Crippen LogP contribution in [0.2, 0.25) is 0 Å². The van der Waals surface area contributed by atoms with E-state index in [1.165, 1.54) is 4.90 Å². The Bertz CT molecular complexity index is 289. The molecule has 0 aliphatic carbocycles.